The van der Waals surface area contributed by atoms with Gasteiger partial charge >= 0.3 is 6.09 Å². The maximum Gasteiger partial charge on any atom is 0.426 e. The minimum atomic E-state index is -0.441. The van der Waals surface area contributed by atoms with Crippen molar-refractivity contribution in [3.8, 4) is 0 Å². The van der Waals surface area contributed by atoms with Crippen LogP contribution in [0.2, 0.25) is 0 Å². The summed E-state index contributed by atoms with van der Waals surface area (Å²) in [5.41, 5.74) is 5.96. The fourth-order valence-corrected chi connectivity index (χ4v) is 2.35. The first-order valence-corrected chi connectivity index (χ1v) is 7.68. The average molecular weight is 300 g/mol. The molecular formula is C18H24N2O2. The monoisotopic (exact) mass is 300 g/mol. The topological polar surface area (TPSA) is 43.3 Å². The quantitative estimate of drug-likeness (QED) is 0.876. The van der Waals surface area contributed by atoms with E-state index in [-0.39, 0.29) is 6.61 Å². The zero-order chi connectivity index (χ0) is 16.1. The van der Waals surface area contributed by atoms with Crippen molar-refractivity contribution in [1.29, 1.82) is 0 Å². The normalized spacial score (nSPS) is 11.0. The van der Waals surface area contributed by atoms with Crippen LogP contribution in [0.5, 0.6) is 0 Å². The minimum absolute atomic E-state index is 0.266. The van der Waals surface area contributed by atoms with Crippen molar-refractivity contribution in [2.45, 2.75) is 46.1 Å². The highest BCUT2D eigenvalue weighted by Crippen LogP contribution is 2.22. The molecule has 0 aliphatic heterocycles. The van der Waals surface area contributed by atoms with Gasteiger partial charge in [-0.05, 0) is 29.5 Å². The standard InChI is InChI=1S/C18H24N2O2/c1-13(2)16-10-11-17(14(3)4)20(16)19-18(21)22-12-15-8-6-5-7-9-15/h5-11,13-14H,12H2,1-4H3,(H,19,21). The molecule has 0 saturated carbocycles. The van der Waals surface area contributed by atoms with Crippen molar-refractivity contribution in [1.82, 2.24) is 4.68 Å². The fourth-order valence-electron chi connectivity index (χ4n) is 2.35. The molecule has 1 aromatic carbocycles. The molecule has 0 aliphatic rings. The van der Waals surface area contributed by atoms with Crippen molar-refractivity contribution in [3.05, 3.63) is 59.4 Å². The van der Waals surface area contributed by atoms with E-state index in [4.69, 9.17) is 4.74 Å². The van der Waals surface area contributed by atoms with E-state index in [1.54, 1.807) is 0 Å². The number of carbonyl (C=O) groups excluding carboxylic acids is 1. The number of hydrogen-bond donors (Lipinski definition) is 1. The van der Waals surface area contributed by atoms with Crippen molar-refractivity contribution in [3.63, 3.8) is 0 Å². The van der Waals surface area contributed by atoms with E-state index in [9.17, 15) is 4.79 Å². The van der Waals surface area contributed by atoms with Crippen LogP contribution >= 0.6 is 0 Å². The van der Waals surface area contributed by atoms with Crippen LogP contribution in [0.25, 0.3) is 0 Å². The Hall–Kier alpha value is -2.23. The maximum absolute atomic E-state index is 12.1. The Bertz CT molecular complexity index is 590. The lowest BCUT2D eigenvalue weighted by Gasteiger charge is -2.18. The van der Waals surface area contributed by atoms with E-state index in [2.05, 4.69) is 45.3 Å². The Balaban J connectivity index is 2.06. The molecular weight excluding hydrogens is 276 g/mol. The molecule has 118 valence electrons. The highest BCUT2D eigenvalue weighted by atomic mass is 16.6. The Morgan fingerprint density at radius 1 is 1.00 bits per heavy atom. The number of ether oxygens (including phenoxy) is 1. The first-order chi connectivity index (χ1) is 10.5. The third-order valence-corrected chi connectivity index (χ3v) is 3.54. The number of rotatable bonds is 5. The zero-order valence-electron chi connectivity index (χ0n) is 13.7. The summed E-state index contributed by atoms with van der Waals surface area (Å²) in [5.74, 6) is 0.642. The zero-order valence-corrected chi connectivity index (χ0v) is 13.7. The van der Waals surface area contributed by atoms with Gasteiger partial charge in [0.05, 0.1) is 0 Å². The van der Waals surface area contributed by atoms with Gasteiger partial charge in [0.15, 0.2) is 0 Å². The smallest absolute Gasteiger partial charge is 0.426 e. The van der Waals surface area contributed by atoms with Gasteiger partial charge in [0.1, 0.15) is 6.61 Å². The molecule has 4 heteroatoms. The number of carbonyl (C=O) groups is 1. The van der Waals surface area contributed by atoms with E-state index in [1.807, 2.05) is 35.0 Å². The Kier molecular flexibility index (Phi) is 5.26. The van der Waals surface area contributed by atoms with Gasteiger partial charge < -0.3 is 4.74 Å². The summed E-state index contributed by atoms with van der Waals surface area (Å²) in [6.07, 6.45) is -0.441. The summed E-state index contributed by atoms with van der Waals surface area (Å²) in [6, 6.07) is 13.8. The summed E-state index contributed by atoms with van der Waals surface area (Å²) in [4.78, 5) is 12.1. The highest BCUT2D eigenvalue weighted by Gasteiger charge is 2.16. The predicted molar refractivity (Wildman–Crippen MR) is 88.6 cm³/mol. The lowest BCUT2D eigenvalue weighted by atomic mass is 10.1. The third kappa shape index (κ3) is 3.91. The number of nitrogens with one attached hydrogen (secondary N) is 1. The van der Waals surface area contributed by atoms with Crippen LogP contribution in [-0.4, -0.2) is 10.8 Å². The van der Waals surface area contributed by atoms with E-state index in [1.165, 1.54) is 0 Å². The molecule has 2 rings (SSSR count). The van der Waals surface area contributed by atoms with Gasteiger partial charge in [0.2, 0.25) is 0 Å². The predicted octanol–water partition coefficient (Wildman–Crippen LogP) is 4.62. The van der Waals surface area contributed by atoms with Crippen molar-refractivity contribution in [2.24, 2.45) is 0 Å². The fraction of sp³-hybridized carbons (Fsp3) is 0.389. The SMILES string of the molecule is CC(C)c1ccc(C(C)C)n1NC(=O)OCc1ccccc1. The van der Waals surface area contributed by atoms with Crippen molar-refractivity contribution < 1.29 is 9.53 Å². The van der Waals surface area contributed by atoms with Crippen LogP contribution in [-0.2, 0) is 11.3 Å². The molecule has 22 heavy (non-hydrogen) atoms. The van der Waals surface area contributed by atoms with Gasteiger partial charge in [-0.25, -0.2) is 10.2 Å². The van der Waals surface area contributed by atoms with Crippen LogP contribution in [0.4, 0.5) is 4.79 Å². The second-order valence-electron chi connectivity index (χ2n) is 6.00. The van der Waals surface area contributed by atoms with E-state index in [0.29, 0.717) is 11.8 Å². The van der Waals surface area contributed by atoms with Gasteiger partial charge in [-0.1, -0.05) is 58.0 Å². The van der Waals surface area contributed by atoms with Crippen molar-refractivity contribution >= 4 is 6.09 Å². The second-order valence-corrected chi connectivity index (χ2v) is 6.00. The van der Waals surface area contributed by atoms with E-state index < -0.39 is 6.09 Å². The average Bonchev–Trinajstić information content (AvgIpc) is 2.90. The lowest BCUT2D eigenvalue weighted by Crippen LogP contribution is -2.27. The number of amides is 1. The Morgan fingerprint density at radius 2 is 1.55 bits per heavy atom. The molecule has 0 radical (unpaired) electrons. The molecule has 0 fully saturated rings. The van der Waals surface area contributed by atoms with Gasteiger partial charge in [-0.15, -0.1) is 0 Å². The molecule has 2 aromatic rings. The molecule has 0 saturated heterocycles. The van der Waals surface area contributed by atoms with Crippen LogP contribution in [0, 0.1) is 0 Å². The maximum atomic E-state index is 12.1. The summed E-state index contributed by atoms with van der Waals surface area (Å²) in [7, 11) is 0. The largest absolute Gasteiger partial charge is 0.443 e. The molecule has 1 aromatic heterocycles. The van der Waals surface area contributed by atoms with Crippen LogP contribution in [0.3, 0.4) is 0 Å². The van der Waals surface area contributed by atoms with Crippen LogP contribution < -0.4 is 5.43 Å². The minimum Gasteiger partial charge on any atom is -0.443 e. The molecule has 0 atom stereocenters. The van der Waals surface area contributed by atoms with Crippen LogP contribution in [0.1, 0.15) is 56.5 Å². The van der Waals surface area contributed by atoms with E-state index in [0.717, 1.165) is 17.0 Å². The first-order valence-electron chi connectivity index (χ1n) is 7.68. The van der Waals surface area contributed by atoms with Crippen LogP contribution in [0.15, 0.2) is 42.5 Å². The molecule has 1 amide bonds. The summed E-state index contributed by atoms with van der Waals surface area (Å²) < 4.78 is 7.15. The van der Waals surface area contributed by atoms with Crippen molar-refractivity contribution in [2.75, 3.05) is 5.43 Å². The molecule has 0 aliphatic carbocycles. The lowest BCUT2D eigenvalue weighted by molar-refractivity contribution is 0.151. The highest BCUT2D eigenvalue weighted by molar-refractivity contribution is 5.76. The first kappa shape index (κ1) is 16.1. The third-order valence-electron chi connectivity index (χ3n) is 3.54. The summed E-state index contributed by atoms with van der Waals surface area (Å²) >= 11 is 0. The van der Waals surface area contributed by atoms with Gasteiger partial charge in [0, 0.05) is 11.4 Å². The van der Waals surface area contributed by atoms with Gasteiger partial charge in [0.25, 0.3) is 0 Å². The number of benzene rings is 1. The van der Waals surface area contributed by atoms with Gasteiger partial charge in [-0.2, -0.15) is 0 Å². The Labute approximate surface area is 132 Å². The number of hydrogen-bond acceptors (Lipinski definition) is 2. The van der Waals surface area contributed by atoms with E-state index >= 15 is 0 Å². The Morgan fingerprint density at radius 3 is 2.05 bits per heavy atom. The molecule has 0 bridgehead atoms. The molecule has 1 heterocycles. The number of nitrogens with zero attached hydrogens (tertiary/aromatic N) is 1. The summed E-state index contributed by atoms with van der Waals surface area (Å²) in [6.45, 7) is 8.68. The molecule has 4 nitrogen and oxygen atoms in total. The molecule has 0 unspecified atom stereocenters. The molecule has 0 spiro atoms. The summed E-state index contributed by atoms with van der Waals surface area (Å²) in [5, 5.41) is 0. The van der Waals surface area contributed by atoms with Gasteiger partial charge in [-0.3, -0.25) is 4.68 Å². The number of aromatic nitrogens is 1. The second kappa shape index (κ2) is 7.16. The molecule has 1 N–H and O–H groups in total.